The van der Waals surface area contributed by atoms with Gasteiger partial charge in [0, 0.05) is 25.5 Å². The van der Waals surface area contributed by atoms with Crippen molar-refractivity contribution in [2.45, 2.75) is 31.7 Å². The first kappa shape index (κ1) is 22.1. The summed E-state index contributed by atoms with van der Waals surface area (Å²) in [7, 11) is -0.734. The highest BCUT2D eigenvalue weighted by Gasteiger charge is 2.21. The molecule has 1 amide bonds. The number of ether oxygens (including phenoxy) is 1. The van der Waals surface area contributed by atoms with Gasteiger partial charge in [-0.2, -0.15) is 0 Å². The number of hydrogen-bond acceptors (Lipinski definition) is 6. The lowest BCUT2D eigenvalue weighted by atomic mass is 10.2. The molecule has 1 aromatic carbocycles. The number of aryl methyl sites for hydroxylation is 2. The van der Waals surface area contributed by atoms with Crippen molar-refractivity contribution in [3.05, 3.63) is 51.2 Å². The van der Waals surface area contributed by atoms with Gasteiger partial charge in [0.1, 0.15) is 4.88 Å². The molecule has 0 unspecified atom stereocenters. The minimum atomic E-state index is -3.62. The standard InChI is InChI=1S/C19H24N2O5S2/c1-5-15-13(2)10-16(27-15)19(23)26-12-18(22)20-11-14-8-6-7-9-17(14)28(24,25)21(3)4/h6-10H,5,11-12H2,1-4H3,(H,20,22). The number of nitrogens with one attached hydrogen (secondary N) is 1. The topological polar surface area (TPSA) is 92.8 Å². The van der Waals surface area contributed by atoms with Crippen LogP contribution >= 0.6 is 11.3 Å². The molecule has 0 radical (unpaired) electrons. The molecule has 2 rings (SSSR count). The monoisotopic (exact) mass is 424 g/mol. The van der Waals surface area contributed by atoms with Crippen molar-refractivity contribution in [3.8, 4) is 0 Å². The molecule has 0 aliphatic carbocycles. The van der Waals surface area contributed by atoms with Crippen LogP contribution in [-0.2, 0) is 32.5 Å². The van der Waals surface area contributed by atoms with Crippen LogP contribution in [-0.4, -0.2) is 45.3 Å². The Morgan fingerprint density at radius 1 is 1.21 bits per heavy atom. The number of benzene rings is 1. The van der Waals surface area contributed by atoms with Crippen LogP contribution in [0.3, 0.4) is 0 Å². The predicted molar refractivity (Wildman–Crippen MR) is 108 cm³/mol. The first-order chi connectivity index (χ1) is 13.2. The van der Waals surface area contributed by atoms with Gasteiger partial charge in [-0.1, -0.05) is 25.1 Å². The Balaban J connectivity index is 1.95. The number of amides is 1. The van der Waals surface area contributed by atoms with Crippen molar-refractivity contribution in [3.63, 3.8) is 0 Å². The summed E-state index contributed by atoms with van der Waals surface area (Å²) >= 11 is 1.36. The van der Waals surface area contributed by atoms with Crippen LogP contribution in [0.2, 0.25) is 0 Å². The summed E-state index contributed by atoms with van der Waals surface area (Å²) in [4.78, 5) is 25.8. The number of nitrogens with zero attached hydrogens (tertiary/aromatic N) is 1. The van der Waals surface area contributed by atoms with Crippen molar-refractivity contribution in [1.29, 1.82) is 0 Å². The lowest BCUT2D eigenvalue weighted by Gasteiger charge is -2.15. The smallest absolute Gasteiger partial charge is 0.348 e. The molecular formula is C19H24N2O5S2. The largest absolute Gasteiger partial charge is 0.451 e. The first-order valence-corrected chi connectivity index (χ1v) is 11.0. The molecule has 0 aliphatic rings. The van der Waals surface area contributed by atoms with E-state index in [2.05, 4.69) is 5.32 Å². The van der Waals surface area contributed by atoms with Gasteiger partial charge in [0.05, 0.1) is 4.90 Å². The SMILES string of the molecule is CCc1sc(C(=O)OCC(=O)NCc2ccccc2S(=O)(=O)N(C)C)cc1C. The van der Waals surface area contributed by atoms with Gasteiger partial charge in [-0.3, -0.25) is 4.79 Å². The Hall–Kier alpha value is -2.23. The lowest BCUT2D eigenvalue weighted by Crippen LogP contribution is -2.30. The van der Waals surface area contributed by atoms with Crippen LogP contribution < -0.4 is 5.32 Å². The minimum absolute atomic E-state index is 0.0116. The summed E-state index contributed by atoms with van der Waals surface area (Å²) in [6.45, 7) is 3.52. The maximum absolute atomic E-state index is 12.4. The predicted octanol–water partition coefficient (Wildman–Crippen LogP) is 2.34. The fourth-order valence-electron chi connectivity index (χ4n) is 2.52. The van der Waals surface area contributed by atoms with Crippen molar-refractivity contribution in [2.24, 2.45) is 0 Å². The molecule has 2 aromatic rings. The summed E-state index contributed by atoms with van der Waals surface area (Å²) in [6, 6.07) is 8.19. The summed E-state index contributed by atoms with van der Waals surface area (Å²) in [6.07, 6.45) is 0.833. The summed E-state index contributed by atoms with van der Waals surface area (Å²) in [5, 5.41) is 2.59. The van der Waals surface area contributed by atoms with Crippen molar-refractivity contribution in [1.82, 2.24) is 9.62 Å². The number of carbonyl (C=O) groups is 2. The number of thiophene rings is 1. The molecule has 1 heterocycles. The number of hydrogen-bond donors (Lipinski definition) is 1. The molecular weight excluding hydrogens is 400 g/mol. The highest BCUT2D eigenvalue weighted by molar-refractivity contribution is 7.89. The molecule has 7 nitrogen and oxygen atoms in total. The molecule has 1 aromatic heterocycles. The Kier molecular flexibility index (Phi) is 7.34. The van der Waals surface area contributed by atoms with E-state index in [1.54, 1.807) is 24.3 Å². The lowest BCUT2D eigenvalue weighted by molar-refractivity contribution is -0.124. The molecule has 0 atom stereocenters. The normalized spacial score (nSPS) is 11.5. The van der Waals surface area contributed by atoms with Crippen molar-refractivity contribution < 1.29 is 22.7 Å². The van der Waals surface area contributed by atoms with E-state index in [0.717, 1.165) is 21.2 Å². The van der Waals surface area contributed by atoms with Crippen LogP contribution in [0.25, 0.3) is 0 Å². The second kappa shape index (κ2) is 9.31. The Morgan fingerprint density at radius 2 is 1.89 bits per heavy atom. The fraction of sp³-hybridized carbons (Fsp3) is 0.368. The Morgan fingerprint density at radius 3 is 2.50 bits per heavy atom. The number of rotatable bonds is 8. The van der Waals surface area contributed by atoms with Gasteiger partial charge in [0.2, 0.25) is 10.0 Å². The number of carbonyl (C=O) groups excluding carboxylic acids is 2. The maximum Gasteiger partial charge on any atom is 0.348 e. The fourth-order valence-corrected chi connectivity index (χ4v) is 4.64. The molecule has 1 N–H and O–H groups in total. The quantitative estimate of drug-likeness (QED) is 0.657. The van der Waals surface area contributed by atoms with Gasteiger partial charge >= 0.3 is 5.97 Å². The van der Waals surface area contributed by atoms with Crippen LogP contribution in [0.5, 0.6) is 0 Å². The van der Waals surface area contributed by atoms with Gasteiger partial charge in [-0.25, -0.2) is 17.5 Å². The first-order valence-electron chi connectivity index (χ1n) is 8.70. The second-order valence-corrected chi connectivity index (χ2v) is 9.58. The van der Waals surface area contributed by atoms with Gasteiger partial charge in [0.25, 0.3) is 5.91 Å². The van der Waals surface area contributed by atoms with E-state index < -0.39 is 28.5 Å². The molecule has 0 aliphatic heterocycles. The zero-order chi connectivity index (χ0) is 20.9. The van der Waals surface area contributed by atoms with Crippen LogP contribution in [0.1, 0.15) is 32.6 Å². The van der Waals surface area contributed by atoms with Gasteiger partial charge in [-0.15, -0.1) is 11.3 Å². The highest BCUT2D eigenvalue weighted by Crippen LogP contribution is 2.23. The zero-order valence-electron chi connectivity index (χ0n) is 16.3. The molecule has 152 valence electrons. The molecule has 0 fully saturated rings. The van der Waals surface area contributed by atoms with E-state index in [1.165, 1.54) is 31.5 Å². The summed E-state index contributed by atoms with van der Waals surface area (Å²) < 4.78 is 30.9. The Bertz CT molecular complexity index is 964. The molecule has 0 bridgehead atoms. The van der Waals surface area contributed by atoms with Gasteiger partial charge < -0.3 is 10.1 Å². The van der Waals surface area contributed by atoms with E-state index in [0.29, 0.717) is 10.4 Å². The Labute approximate surface area is 169 Å². The van der Waals surface area contributed by atoms with Crippen LogP contribution in [0.15, 0.2) is 35.2 Å². The molecule has 9 heteroatoms. The van der Waals surface area contributed by atoms with Crippen molar-refractivity contribution in [2.75, 3.05) is 20.7 Å². The molecule has 28 heavy (non-hydrogen) atoms. The average Bonchev–Trinajstić information content (AvgIpc) is 3.05. The molecule has 0 spiro atoms. The summed E-state index contributed by atoms with van der Waals surface area (Å²) in [5.74, 6) is -1.05. The third-order valence-electron chi connectivity index (χ3n) is 4.08. The second-order valence-electron chi connectivity index (χ2n) is 6.32. The average molecular weight is 425 g/mol. The van der Waals surface area contributed by atoms with Gasteiger partial charge in [0.15, 0.2) is 6.61 Å². The molecule has 0 saturated heterocycles. The van der Waals surface area contributed by atoms with Crippen LogP contribution in [0, 0.1) is 6.92 Å². The third-order valence-corrected chi connectivity index (χ3v) is 7.36. The van der Waals surface area contributed by atoms with E-state index >= 15 is 0 Å². The third kappa shape index (κ3) is 5.18. The maximum atomic E-state index is 12.4. The van der Waals surface area contributed by atoms with E-state index in [1.807, 2.05) is 13.8 Å². The van der Waals surface area contributed by atoms with Crippen LogP contribution in [0.4, 0.5) is 0 Å². The van der Waals surface area contributed by atoms with Gasteiger partial charge in [-0.05, 0) is 36.6 Å². The molecule has 0 saturated carbocycles. The summed E-state index contributed by atoms with van der Waals surface area (Å²) in [5.41, 5.74) is 1.49. The van der Waals surface area contributed by atoms with E-state index in [9.17, 15) is 18.0 Å². The van der Waals surface area contributed by atoms with E-state index in [-0.39, 0.29) is 11.4 Å². The minimum Gasteiger partial charge on any atom is -0.451 e. The number of esters is 1. The number of sulfonamides is 1. The zero-order valence-corrected chi connectivity index (χ0v) is 17.9. The van der Waals surface area contributed by atoms with E-state index in [4.69, 9.17) is 4.74 Å². The van der Waals surface area contributed by atoms with Crippen molar-refractivity contribution >= 4 is 33.2 Å². The highest BCUT2D eigenvalue weighted by atomic mass is 32.2.